The van der Waals surface area contributed by atoms with E-state index in [2.05, 4.69) is 30.9 Å². The summed E-state index contributed by atoms with van der Waals surface area (Å²) in [5.41, 5.74) is 1.54. The lowest BCUT2D eigenvalue weighted by Crippen LogP contribution is -2.28. The SMILES string of the molecule is CC(NC(=O)Cc1cn2ccccc2n1)c1nn[nH]n1. The van der Waals surface area contributed by atoms with Gasteiger partial charge in [0.15, 0.2) is 5.82 Å². The van der Waals surface area contributed by atoms with Crippen LogP contribution in [0.25, 0.3) is 5.65 Å². The standard InChI is InChI=1S/C12H13N7O/c1-8(12-15-17-18-16-12)13-11(20)6-9-7-19-5-3-2-4-10(19)14-9/h2-5,7-8H,6H2,1H3,(H,13,20)(H,15,16,17,18). The lowest BCUT2D eigenvalue weighted by Gasteiger charge is -2.08. The first-order valence-electron chi connectivity index (χ1n) is 6.17. The first-order chi connectivity index (χ1) is 9.72. The number of carbonyl (C=O) groups is 1. The molecule has 0 aromatic carbocycles. The maximum absolute atomic E-state index is 11.9. The zero-order chi connectivity index (χ0) is 13.9. The number of nitrogens with one attached hydrogen (secondary N) is 2. The zero-order valence-electron chi connectivity index (χ0n) is 10.8. The molecule has 0 aliphatic rings. The van der Waals surface area contributed by atoms with Gasteiger partial charge in [-0.25, -0.2) is 4.98 Å². The van der Waals surface area contributed by atoms with Gasteiger partial charge in [0.2, 0.25) is 5.91 Å². The Bertz CT molecular complexity index is 685. The summed E-state index contributed by atoms with van der Waals surface area (Å²) in [6.45, 7) is 1.80. The van der Waals surface area contributed by atoms with Gasteiger partial charge in [-0.2, -0.15) is 5.21 Å². The summed E-state index contributed by atoms with van der Waals surface area (Å²) in [6.07, 6.45) is 3.95. The number of nitrogens with zero attached hydrogens (tertiary/aromatic N) is 5. The van der Waals surface area contributed by atoms with Crippen LogP contribution in [0.5, 0.6) is 0 Å². The van der Waals surface area contributed by atoms with Crippen molar-refractivity contribution in [2.45, 2.75) is 19.4 Å². The Balaban J connectivity index is 1.66. The van der Waals surface area contributed by atoms with E-state index < -0.39 is 0 Å². The molecule has 0 spiro atoms. The van der Waals surface area contributed by atoms with Crippen LogP contribution in [0.2, 0.25) is 0 Å². The maximum atomic E-state index is 11.9. The number of fused-ring (bicyclic) bond motifs is 1. The second-order valence-electron chi connectivity index (χ2n) is 4.43. The van der Waals surface area contributed by atoms with Gasteiger partial charge in [0.25, 0.3) is 0 Å². The fourth-order valence-corrected chi connectivity index (χ4v) is 1.95. The third kappa shape index (κ3) is 2.48. The molecule has 3 aromatic heterocycles. The summed E-state index contributed by atoms with van der Waals surface area (Å²) in [4.78, 5) is 16.3. The van der Waals surface area contributed by atoms with Gasteiger partial charge in [-0.05, 0) is 19.1 Å². The van der Waals surface area contributed by atoms with Crippen molar-refractivity contribution in [1.29, 1.82) is 0 Å². The topological polar surface area (TPSA) is 101 Å². The number of carbonyl (C=O) groups excluding carboxylic acids is 1. The van der Waals surface area contributed by atoms with Crippen molar-refractivity contribution in [2.24, 2.45) is 0 Å². The van der Waals surface area contributed by atoms with Crippen molar-refractivity contribution in [1.82, 2.24) is 35.3 Å². The minimum absolute atomic E-state index is 0.134. The second-order valence-corrected chi connectivity index (χ2v) is 4.43. The van der Waals surface area contributed by atoms with E-state index in [1.807, 2.05) is 35.0 Å². The Labute approximate surface area is 114 Å². The Morgan fingerprint density at radius 2 is 2.40 bits per heavy atom. The molecule has 0 saturated heterocycles. The van der Waals surface area contributed by atoms with Crippen LogP contribution in [0.3, 0.4) is 0 Å². The van der Waals surface area contributed by atoms with Crippen LogP contribution in [0.4, 0.5) is 0 Å². The Kier molecular flexibility index (Phi) is 3.12. The quantitative estimate of drug-likeness (QED) is 0.709. The minimum Gasteiger partial charge on any atom is -0.346 e. The fraction of sp³-hybridized carbons (Fsp3) is 0.250. The molecule has 102 valence electrons. The normalized spacial score (nSPS) is 12.4. The largest absolute Gasteiger partial charge is 0.346 e. The molecule has 0 saturated carbocycles. The smallest absolute Gasteiger partial charge is 0.226 e. The molecule has 0 aliphatic heterocycles. The van der Waals surface area contributed by atoms with E-state index in [0.717, 1.165) is 5.65 Å². The molecule has 0 bridgehead atoms. The van der Waals surface area contributed by atoms with Crippen molar-refractivity contribution in [3.8, 4) is 0 Å². The molecule has 8 nitrogen and oxygen atoms in total. The number of hydrogen-bond donors (Lipinski definition) is 2. The molecule has 1 unspecified atom stereocenters. The van der Waals surface area contributed by atoms with Crippen molar-refractivity contribution in [2.75, 3.05) is 0 Å². The number of pyridine rings is 1. The first-order valence-corrected chi connectivity index (χ1v) is 6.17. The summed E-state index contributed by atoms with van der Waals surface area (Å²) < 4.78 is 1.88. The molecule has 3 rings (SSSR count). The molecule has 2 N–H and O–H groups in total. The molecule has 1 atom stereocenters. The summed E-state index contributed by atoms with van der Waals surface area (Å²) in [7, 11) is 0. The lowest BCUT2D eigenvalue weighted by atomic mass is 10.2. The molecule has 20 heavy (non-hydrogen) atoms. The molecule has 1 amide bonds. The summed E-state index contributed by atoms with van der Waals surface area (Å²) >= 11 is 0. The average Bonchev–Trinajstić information content (AvgIpc) is 3.07. The predicted molar refractivity (Wildman–Crippen MR) is 69.6 cm³/mol. The van der Waals surface area contributed by atoms with Gasteiger partial charge in [-0.15, -0.1) is 10.2 Å². The van der Waals surface area contributed by atoms with E-state index in [9.17, 15) is 4.79 Å². The van der Waals surface area contributed by atoms with E-state index in [1.165, 1.54) is 0 Å². The van der Waals surface area contributed by atoms with Gasteiger partial charge in [0.05, 0.1) is 18.2 Å². The first kappa shape index (κ1) is 12.3. The molecular weight excluding hydrogens is 258 g/mol. The van der Waals surface area contributed by atoms with Gasteiger partial charge in [0, 0.05) is 12.4 Å². The number of aromatic nitrogens is 6. The predicted octanol–water partition coefficient (Wildman–Crippen LogP) is 0.267. The highest BCUT2D eigenvalue weighted by molar-refractivity contribution is 5.78. The maximum Gasteiger partial charge on any atom is 0.226 e. The highest BCUT2D eigenvalue weighted by atomic mass is 16.1. The summed E-state index contributed by atoms with van der Waals surface area (Å²) in [5, 5.41) is 16.3. The number of amides is 1. The van der Waals surface area contributed by atoms with Gasteiger partial charge in [-0.1, -0.05) is 11.3 Å². The van der Waals surface area contributed by atoms with Crippen LogP contribution < -0.4 is 5.32 Å². The van der Waals surface area contributed by atoms with E-state index in [1.54, 1.807) is 6.92 Å². The third-order valence-corrected chi connectivity index (χ3v) is 2.88. The Hall–Kier alpha value is -2.77. The molecule has 3 aromatic rings. The molecule has 0 radical (unpaired) electrons. The number of imidazole rings is 1. The monoisotopic (exact) mass is 271 g/mol. The van der Waals surface area contributed by atoms with Crippen LogP contribution in [-0.4, -0.2) is 35.9 Å². The van der Waals surface area contributed by atoms with Crippen LogP contribution in [0.15, 0.2) is 30.6 Å². The number of rotatable bonds is 4. The van der Waals surface area contributed by atoms with Gasteiger partial charge in [0.1, 0.15) is 5.65 Å². The number of hydrogen-bond acceptors (Lipinski definition) is 5. The second kappa shape index (κ2) is 5.08. The number of tetrazole rings is 1. The summed E-state index contributed by atoms with van der Waals surface area (Å²) in [6, 6.07) is 5.42. The van der Waals surface area contributed by atoms with Crippen molar-refractivity contribution >= 4 is 11.6 Å². The van der Waals surface area contributed by atoms with Crippen LogP contribution in [-0.2, 0) is 11.2 Å². The van der Waals surface area contributed by atoms with E-state index in [0.29, 0.717) is 11.5 Å². The number of H-pyrrole nitrogens is 1. The Morgan fingerprint density at radius 3 is 3.15 bits per heavy atom. The van der Waals surface area contributed by atoms with Crippen LogP contribution >= 0.6 is 0 Å². The molecule has 3 heterocycles. The van der Waals surface area contributed by atoms with Gasteiger partial charge in [-0.3, -0.25) is 4.79 Å². The highest BCUT2D eigenvalue weighted by Crippen LogP contribution is 2.07. The molecule has 8 heteroatoms. The average molecular weight is 271 g/mol. The summed E-state index contributed by atoms with van der Waals surface area (Å²) in [5.74, 6) is 0.319. The molecule has 0 aliphatic carbocycles. The van der Waals surface area contributed by atoms with E-state index in [4.69, 9.17) is 0 Å². The minimum atomic E-state index is -0.293. The van der Waals surface area contributed by atoms with Crippen molar-refractivity contribution in [3.05, 3.63) is 42.1 Å². The van der Waals surface area contributed by atoms with Crippen molar-refractivity contribution in [3.63, 3.8) is 0 Å². The van der Waals surface area contributed by atoms with E-state index in [-0.39, 0.29) is 18.4 Å². The molecular formula is C12H13N7O. The number of aromatic amines is 1. The fourth-order valence-electron chi connectivity index (χ4n) is 1.95. The van der Waals surface area contributed by atoms with Crippen LogP contribution in [0, 0.1) is 0 Å². The third-order valence-electron chi connectivity index (χ3n) is 2.88. The van der Waals surface area contributed by atoms with Gasteiger partial charge >= 0.3 is 0 Å². The Morgan fingerprint density at radius 1 is 1.50 bits per heavy atom. The highest BCUT2D eigenvalue weighted by Gasteiger charge is 2.14. The van der Waals surface area contributed by atoms with Crippen LogP contribution in [0.1, 0.15) is 24.5 Å². The van der Waals surface area contributed by atoms with Gasteiger partial charge < -0.3 is 9.72 Å². The van der Waals surface area contributed by atoms with Crippen molar-refractivity contribution < 1.29 is 4.79 Å². The van der Waals surface area contributed by atoms with E-state index >= 15 is 0 Å². The molecule has 0 fully saturated rings. The lowest BCUT2D eigenvalue weighted by molar-refractivity contribution is -0.121. The zero-order valence-corrected chi connectivity index (χ0v) is 10.8.